The van der Waals surface area contributed by atoms with E-state index in [2.05, 4.69) is 25.9 Å². The number of aryl methyl sites for hydroxylation is 2. The van der Waals surface area contributed by atoms with E-state index in [-0.39, 0.29) is 37.2 Å². The van der Waals surface area contributed by atoms with Crippen molar-refractivity contribution in [2.75, 3.05) is 19.1 Å². The SMILES string of the molecule is COC(=O)c1sc(N2C(=O)C(=O)/C(=C(/O)c3c(C)nc4ccccn34)C2c2cc(Br)c(O)c(OC)c2)nc1C. The number of methoxy groups -OCH3 is 2. The number of rotatable bonds is 5. The molecule has 3 aromatic heterocycles. The van der Waals surface area contributed by atoms with Crippen LogP contribution in [0.15, 0.2) is 46.6 Å². The molecular weight excluding hydrogens is 592 g/mol. The number of hydrogen-bond acceptors (Lipinski definition) is 10. The van der Waals surface area contributed by atoms with Gasteiger partial charge in [-0.2, -0.15) is 0 Å². The highest BCUT2D eigenvalue weighted by atomic mass is 79.9. The fourth-order valence-corrected chi connectivity index (χ4v) is 6.02. The number of aromatic hydroxyl groups is 1. The first-order valence-electron chi connectivity index (χ1n) is 11.5. The fourth-order valence-electron chi connectivity index (χ4n) is 4.55. The zero-order chi connectivity index (χ0) is 28.2. The van der Waals surface area contributed by atoms with E-state index in [1.807, 2.05) is 0 Å². The summed E-state index contributed by atoms with van der Waals surface area (Å²) >= 11 is 4.17. The number of hydrogen-bond donors (Lipinski definition) is 2. The third-order valence-electron chi connectivity index (χ3n) is 6.32. The van der Waals surface area contributed by atoms with Crippen LogP contribution in [-0.2, 0) is 14.3 Å². The van der Waals surface area contributed by atoms with Gasteiger partial charge in [-0.1, -0.05) is 17.4 Å². The normalized spacial score (nSPS) is 16.7. The van der Waals surface area contributed by atoms with Gasteiger partial charge in [-0.05, 0) is 59.6 Å². The van der Waals surface area contributed by atoms with Crippen LogP contribution in [0.2, 0.25) is 0 Å². The molecule has 200 valence electrons. The molecule has 0 spiro atoms. The largest absolute Gasteiger partial charge is 0.505 e. The average molecular weight is 613 g/mol. The molecule has 4 heterocycles. The number of aromatic nitrogens is 3. The number of Topliss-reactive ketones (excluding diaryl/α,β-unsaturated/α-hetero) is 1. The van der Waals surface area contributed by atoms with E-state index < -0.39 is 29.5 Å². The van der Waals surface area contributed by atoms with E-state index in [1.165, 1.54) is 26.4 Å². The molecule has 1 unspecified atom stereocenters. The molecule has 1 amide bonds. The lowest BCUT2D eigenvalue weighted by molar-refractivity contribution is -0.132. The predicted octanol–water partition coefficient (Wildman–Crippen LogP) is 4.30. The number of benzene rings is 1. The molecular formula is C26H21BrN4O7S. The molecule has 0 aliphatic carbocycles. The van der Waals surface area contributed by atoms with Crippen molar-refractivity contribution in [1.29, 1.82) is 0 Å². The maximum atomic E-state index is 13.6. The Kier molecular flexibility index (Phi) is 6.64. The van der Waals surface area contributed by atoms with Crippen LogP contribution >= 0.6 is 27.3 Å². The molecule has 0 radical (unpaired) electrons. The summed E-state index contributed by atoms with van der Waals surface area (Å²) in [5, 5.41) is 22.1. The Morgan fingerprint density at radius 1 is 1.13 bits per heavy atom. The first kappa shape index (κ1) is 26.4. The molecule has 39 heavy (non-hydrogen) atoms. The Morgan fingerprint density at radius 3 is 2.56 bits per heavy atom. The zero-order valence-electron chi connectivity index (χ0n) is 21.1. The van der Waals surface area contributed by atoms with Gasteiger partial charge in [-0.25, -0.2) is 14.8 Å². The number of aliphatic hydroxyl groups excluding tert-OH is 1. The second-order valence-electron chi connectivity index (χ2n) is 8.60. The number of imidazole rings is 1. The number of fused-ring (bicyclic) bond motifs is 1. The van der Waals surface area contributed by atoms with Crippen molar-refractivity contribution in [3.05, 3.63) is 74.1 Å². The second-order valence-corrected chi connectivity index (χ2v) is 10.4. The van der Waals surface area contributed by atoms with Crippen LogP contribution in [-0.4, -0.2) is 56.5 Å². The van der Waals surface area contributed by atoms with E-state index in [0.717, 1.165) is 16.2 Å². The Hall–Kier alpha value is -4.23. The van der Waals surface area contributed by atoms with Crippen molar-refractivity contribution in [2.45, 2.75) is 19.9 Å². The molecule has 2 N–H and O–H groups in total. The minimum Gasteiger partial charge on any atom is -0.505 e. The van der Waals surface area contributed by atoms with Gasteiger partial charge in [0, 0.05) is 6.20 Å². The first-order valence-corrected chi connectivity index (χ1v) is 13.1. The summed E-state index contributed by atoms with van der Waals surface area (Å²) in [6, 6.07) is 7.05. The Bertz CT molecular complexity index is 1720. The van der Waals surface area contributed by atoms with Gasteiger partial charge >= 0.3 is 11.9 Å². The van der Waals surface area contributed by atoms with E-state index in [9.17, 15) is 24.6 Å². The molecule has 0 bridgehead atoms. The van der Waals surface area contributed by atoms with Crippen molar-refractivity contribution in [1.82, 2.24) is 14.4 Å². The number of ether oxygens (including phenoxy) is 2. The number of phenols is 1. The fraction of sp³-hybridized carbons (Fsp3) is 0.192. The van der Waals surface area contributed by atoms with Gasteiger partial charge < -0.3 is 19.7 Å². The summed E-state index contributed by atoms with van der Waals surface area (Å²) in [7, 11) is 2.59. The third kappa shape index (κ3) is 4.14. The van der Waals surface area contributed by atoms with Crippen LogP contribution in [0.3, 0.4) is 0 Å². The van der Waals surface area contributed by atoms with Crippen LogP contribution in [0.1, 0.15) is 38.4 Å². The second kappa shape index (κ2) is 9.82. The number of nitrogens with zero attached hydrogens (tertiary/aromatic N) is 4. The van der Waals surface area contributed by atoms with Gasteiger partial charge in [-0.3, -0.25) is 18.9 Å². The molecule has 4 aromatic rings. The monoisotopic (exact) mass is 612 g/mol. The minimum atomic E-state index is -1.19. The highest BCUT2D eigenvalue weighted by Gasteiger charge is 2.49. The first-order chi connectivity index (χ1) is 18.6. The number of phenolic OH excluding ortho intramolecular Hbond substituents is 1. The van der Waals surface area contributed by atoms with Crippen LogP contribution in [0, 0.1) is 13.8 Å². The van der Waals surface area contributed by atoms with E-state index in [4.69, 9.17) is 9.47 Å². The lowest BCUT2D eigenvalue weighted by Gasteiger charge is -2.24. The van der Waals surface area contributed by atoms with Crippen LogP contribution < -0.4 is 9.64 Å². The molecule has 1 aliphatic rings. The van der Waals surface area contributed by atoms with Gasteiger partial charge in [0.1, 0.15) is 16.2 Å². The Balaban J connectivity index is 1.81. The number of halogens is 1. The minimum absolute atomic E-state index is 0.0529. The molecule has 13 heteroatoms. The number of esters is 1. The smallest absolute Gasteiger partial charge is 0.350 e. The molecule has 1 aromatic carbocycles. The molecule has 1 aliphatic heterocycles. The topological polar surface area (TPSA) is 144 Å². The average Bonchev–Trinajstić information content (AvgIpc) is 3.55. The van der Waals surface area contributed by atoms with Crippen LogP contribution in [0.4, 0.5) is 5.13 Å². The predicted molar refractivity (Wildman–Crippen MR) is 145 cm³/mol. The summed E-state index contributed by atoms with van der Waals surface area (Å²) < 4.78 is 12.0. The standard InChI is InChI=1S/C26H21BrN4O7S/c1-11-18(30-8-6-5-7-16(30)28-11)21(33)17-19(13-9-14(27)20(32)15(10-13)37-3)31(24(35)22(17)34)26-29-12(2)23(39-26)25(36)38-4/h5-10,19,32-33H,1-4H3/b21-17+. The zero-order valence-corrected chi connectivity index (χ0v) is 23.5. The highest BCUT2D eigenvalue weighted by Crippen LogP contribution is 2.47. The maximum Gasteiger partial charge on any atom is 0.350 e. The Labute approximate surface area is 234 Å². The van der Waals surface area contributed by atoms with Gasteiger partial charge in [0.2, 0.25) is 0 Å². The molecule has 5 rings (SSSR count). The lowest BCUT2D eigenvalue weighted by Crippen LogP contribution is -2.29. The summed E-state index contributed by atoms with van der Waals surface area (Å²) in [4.78, 5) is 49.6. The molecule has 11 nitrogen and oxygen atoms in total. The number of thiazole rings is 1. The molecule has 0 saturated carbocycles. The van der Waals surface area contributed by atoms with Crippen molar-refractivity contribution >= 4 is 61.5 Å². The highest BCUT2D eigenvalue weighted by molar-refractivity contribution is 9.10. The molecule has 1 fully saturated rings. The summed E-state index contributed by atoms with van der Waals surface area (Å²) in [5.41, 5.74) is 1.63. The van der Waals surface area contributed by atoms with Gasteiger partial charge in [-0.15, -0.1) is 0 Å². The van der Waals surface area contributed by atoms with Gasteiger partial charge in [0.15, 0.2) is 22.4 Å². The van der Waals surface area contributed by atoms with Crippen molar-refractivity contribution in [3.8, 4) is 11.5 Å². The maximum absolute atomic E-state index is 13.6. The summed E-state index contributed by atoms with van der Waals surface area (Å²) in [6.45, 7) is 3.26. The van der Waals surface area contributed by atoms with E-state index in [0.29, 0.717) is 22.6 Å². The number of carbonyl (C=O) groups excluding carboxylic acids is 3. The number of carbonyl (C=O) groups is 3. The molecule has 1 saturated heterocycles. The number of aliphatic hydroxyl groups is 1. The van der Waals surface area contributed by atoms with Crippen LogP contribution in [0.25, 0.3) is 11.4 Å². The number of amides is 1. The summed E-state index contributed by atoms with van der Waals surface area (Å²) in [5.74, 6) is -3.11. The lowest BCUT2D eigenvalue weighted by atomic mass is 9.96. The Morgan fingerprint density at radius 2 is 1.87 bits per heavy atom. The summed E-state index contributed by atoms with van der Waals surface area (Å²) in [6.07, 6.45) is 1.68. The van der Waals surface area contributed by atoms with E-state index >= 15 is 0 Å². The number of pyridine rings is 1. The molecule has 1 atom stereocenters. The van der Waals surface area contributed by atoms with Gasteiger partial charge in [0.05, 0.1) is 41.7 Å². The van der Waals surface area contributed by atoms with Crippen molar-refractivity contribution < 1.29 is 34.1 Å². The number of ketones is 1. The van der Waals surface area contributed by atoms with E-state index in [1.54, 1.807) is 42.6 Å². The quantitative estimate of drug-likeness (QED) is 0.146. The van der Waals surface area contributed by atoms with Gasteiger partial charge in [0.25, 0.3) is 5.78 Å². The third-order valence-corrected chi connectivity index (χ3v) is 8.06. The van der Waals surface area contributed by atoms with Crippen LogP contribution in [0.5, 0.6) is 11.5 Å². The van der Waals surface area contributed by atoms with Crippen molar-refractivity contribution in [3.63, 3.8) is 0 Å². The number of anilines is 1. The van der Waals surface area contributed by atoms with Crippen molar-refractivity contribution in [2.24, 2.45) is 0 Å².